The largest absolute Gasteiger partial charge is 0.382 e. The van der Waals surface area contributed by atoms with Gasteiger partial charge in [0.1, 0.15) is 5.60 Å². The summed E-state index contributed by atoms with van der Waals surface area (Å²) in [4.78, 5) is 12.7. The van der Waals surface area contributed by atoms with Gasteiger partial charge in [0.2, 0.25) is 0 Å². The van der Waals surface area contributed by atoms with Gasteiger partial charge in [-0.3, -0.25) is 4.79 Å². The lowest BCUT2D eigenvalue weighted by Gasteiger charge is -2.69. The molecule has 7 saturated carbocycles. The molecule has 2 heteroatoms. The molecule has 0 spiro atoms. The van der Waals surface area contributed by atoms with E-state index in [1.807, 2.05) is 0 Å². The minimum Gasteiger partial charge on any atom is -0.382 e. The van der Waals surface area contributed by atoms with Gasteiger partial charge in [0.25, 0.3) is 0 Å². The molecule has 7 aliphatic carbocycles. The average Bonchev–Trinajstić information content (AvgIpc) is 2.41. The van der Waals surface area contributed by atoms with Crippen molar-refractivity contribution in [3.05, 3.63) is 0 Å². The van der Waals surface area contributed by atoms with Crippen LogP contribution in [0.3, 0.4) is 0 Å². The van der Waals surface area contributed by atoms with Crippen LogP contribution in [0.15, 0.2) is 0 Å². The Balaban J connectivity index is 1.70. The summed E-state index contributed by atoms with van der Waals surface area (Å²) in [6, 6.07) is 0. The smallest absolute Gasteiger partial charge is 0.168 e. The predicted molar refractivity (Wildman–Crippen MR) is 59.8 cm³/mol. The van der Waals surface area contributed by atoms with Gasteiger partial charge >= 0.3 is 0 Å². The van der Waals surface area contributed by atoms with Crippen LogP contribution in [0.25, 0.3) is 0 Å². The van der Waals surface area contributed by atoms with Crippen LogP contribution in [0.2, 0.25) is 0 Å². The lowest BCUT2D eigenvalue weighted by molar-refractivity contribution is -0.247. The second-order valence-corrected chi connectivity index (χ2v) is 7.76. The van der Waals surface area contributed by atoms with Crippen LogP contribution in [0.1, 0.15) is 25.7 Å². The Labute approximate surface area is 101 Å². The molecule has 2 nitrogen and oxygen atoms in total. The van der Waals surface area contributed by atoms with E-state index >= 15 is 0 Å². The zero-order chi connectivity index (χ0) is 11.1. The van der Waals surface area contributed by atoms with Crippen molar-refractivity contribution < 1.29 is 9.90 Å². The number of hydrogen-bond donors (Lipinski definition) is 1. The topological polar surface area (TPSA) is 37.3 Å². The molecule has 7 rings (SSSR count). The Morgan fingerprint density at radius 3 is 2.53 bits per heavy atom. The summed E-state index contributed by atoms with van der Waals surface area (Å²) in [7, 11) is 0. The first-order valence-corrected chi connectivity index (χ1v) is 7.50. The van der Waals surface area contributed by atoms with Gasteiger partial charge < -0.3 is 5.11 Å². The number of rotatable bonds is 0. The molecule has 0 aliphatic heterocycles. The van der Waals surface area contributed by atoms with Crippen molar-refractivity contribution >= 4 is 5.78 Å². The van der Waals surface area contributed by atoms with Crippen molar-refractivity contribution in [1.29, 1.82) is 0 Å². The van der Waals surface area contributed by atoms with E-state index in [2.05, 4.69) is 0 Å². The van der Waals surface area contributed by atoms with E-state index in [-0.39, 0.29) is 5.92 Å². The third-order valence-electron chi connectivity index (χ3n) is 8.04. The molecule has 0 radical (unpaired) electrons. The summed E-state index contributed by atoms with van der Waals surface area (Å²) in [6.45, 7) is 0. The van der Waals surface area contributed by atoms with Crippen LogP contribution >= 0.6 is 0 Å². The number of carbonyl (C=O) groups is 1. The molecule has 0 saturated heterocycles. The summed E-state index contributed by atoms with van der Waals surface area (Å²) < 4.78 is 0. The first kappa shape index (κ1) is 8.68. The Bertz CT molecular complexity index is 466. The lowest BCUT2D eigenvalue weighted by atomic mass is 9.35. The Morgan fingerprint density at radius 2 is 1.65 bits per heavy atom. The lowest BCUT2D eigenvalue weighted by Crippen LogP contribution is -2.73. The van der Waals surface area contributed by atoms with E-state index in [0.717, 1.165) is 42.4 Å². The summed E-state index contributed by atoms with van der Waals surface area (Å²) in [5.41, 5.74) is -0.861. The number of hydrogen-bond acceptors (Lipinski definition) is 2. The Hall–Kier alpha value is -0.370. The highest BCUT2D eigenvalue weighted by Gasteiger charge is 2.83. The molecule has 0 aromatic heterocycles. The monoisotopic (exact) mass is 230 g/mol. The zero-order valence-electron chi connectivity index (χ0n) is 9.88. The minimum atomic E-state index is -0.861. The number of carbonyl (C=O) groups excluding carboxylic acids is 1. The van der Waals surface area contributed by atoms with Crippen molar-refractivity contribution in [3.8, 4) is 0 Å². The quantitative estimate of drug-likeness (QED) is 0.684. The van der Waals surface area contributed by atoms with Crippen LogP contribution in [0.5, 0.6) is 0 Å². The highest BCUT2D eigenvalue weighted by Crippen LogP contribution is 2.82. The van der Waals surface area contributed by atoms with Crippen molar-refractivity contribution in [3.63, 3.8) is 0 Å². The van der Waals surface area contributed by atoms with Crippen LogP contribution in [-0.4, -0.2) is 16.5 Å². The fourth-order valence-electron chi connectivity index (χ4n) is 8.07. The summed E-state index contributed by atoms with van der Waals surface area (Å²) in [6.07, 6.45) is 4.65. The number of aliphatic hydroxyl groups is 1. The minimum absolute atomic E-state index is 0.288. The maximum atomic E-state index is 12.7. The van der Waals surface area contributed by atoms with Crippen LogP contribution in [0.4, 0.5) is 0 Å². The van der Waals surface area contributed by atoms with Gasteiger partial charge in [0.15, 0.2) is 5.78 Å². The van der Waals surface area contributed by atoms with Crippen LogP contribution in [0, 0.1) is 53.3 Å². The van der Waals surface area contributed by atoms with Crippen LogP contribution in [-0.2, 0) is 4.79 Å². The van der Waals surface area contributed by atoms with E-state index in [1.165, 1.54) is 12.8 Å². The normalized spacial score (nSPS) is 76.5. The van der Waals surface area contributed by atoms with Gasteiger partial charge in [-0.15, -0.1) is 0 Å². The fraction of sp³-hybridized carbons (Fsp3) is 0.933. The van der Waals surface area contributed by atoms with E-state index < -0.39 is 5.60 Å². The molecule has 90 valence electrons. The first-order valence-electron chi connectivity index (χ1n) is 7.50. The second kappa shape index (κ2) is 2.13. The van der Waals surface area contributed by atoms with Crippen molar-refractivity contribution in [2.45, 2.75) is 31.3 Å². The highest BCUT2D eigenvalue weighted by atomic mass is 16.3. The maximum Gasteiger partial charge on any atom is 0.168 e. The third kappa shape index (κ3) is 0.582. The average molecular weight is 230 g/mol. The Morgan fingerprint density at radius 1 is 0.941 bits per heavy atom. The van der Waals surface area contributed by atoms with Gasteiger partial charge in [-0.1, -0.05) is 0 Å². The molecule has 7 fully saturated rings. The SMILES string of the molecule is O=C1C2C3CCC4C2C2CCC1(O)C1C3C4C21. The van der Waals surface area contributed by atoms with Gasteiger partial charge in [-0.25, -0.2) is 0 Å². The molecular formula is C15H18O2. The van der Waals surface area contributed by atoms with E-state index in [9.17, 15) is 9.90 Å². The standard InChI is InChI=1S/C15H18O2/c16-14-12-6-2-1-5-8(12)7-3-4-15(14,17)13-10(6)9(5)11(7)13/h5-13,17H,1-4H2. The van der Waals surface area contributed by atoms with E-state index in [0.29, 0.717) is 23.5 Å². The van der Waals surface area contributed by atoms with Crippen molar-refractivity contribution in [2.24, 2.45) is 53.3 Å². The first-order chi connectivity index (χ1) is 8.23. The summed E-state index contributed by atoms with van der Waals surface area (Å²) in [5, 5.41) is 10.9. The van der Waals surface area contributed by atoms with Gasteiger partial charge in [0, 0.05) is 11.8 Å². The molecule has 1 N–H and O–H groups in total. The molecule has 0 amide bonds. The van der Waals surface area contributed by atoms with Crippen molar-refractivity contribution in [1.82, 2.24) is 0 Å². The molecular weight excluding hydrogens is 212 g/mol. The predicted octanol–water partition coefficient (Wildman–Crippen LogP) is 1.47. The van der Waals surface area contributed by atoms with Gasteiger partial charge in [-0.05, 0) is 67.1 Å². The number of ketones is 1. The molecule has 17 heavy (non-hydrogen) atoms. The second-order valence-electron chi connectivity index (χ2n) is 7.76. The molecule has 0 aromatic rings. The zero-order valence-corrected chi connectivity index (χ0v) is 9.88. The number of Topliss-reactive ketones (excluding diaryl/α,β-unsaturated/α-hetero) is 1. The molecule has 0 heterocycles. The highest BCUT2D eigenvalue weighted by molar-refractivity contribution is 5.93. The number of fused-ring (bicyclic) bond motifs is 1. The van der Waals surface area contributed by atoms with Gasteiger partial charge in [-0.2, -0.15) is 0 Å². The molecule has 6 bridgehead atoms. The van der Waals surface area contributed by atoms with Gasteiger partial charge in [0.05, 0.1) is 0 Å². The van der Waals surface area contributed by atoms with Crippen molar-refractivity contribution in [2.75, 3.05) is 0 Å². The molecule has 7 aliphatic rings. The summed E-state index contributed by atoms with van der Waals surface area (Å²) in [5.74, 6) is 6.53. The van der Waals surface area contributed by atoms with Crippen LogP contribution < -0.4 is 0 Å². The van der Waals surface area contributed by atoms with E-state index in [1.54, 1.807) is 0 Å². The summed E-state index contributed by atoms with van der Waals surface area (Å²) >= 11 is 0. The molecule has 10 atom stereocenters. The molecule has 10 unspecified atom stereocenters. The fourth-order valence-corrected chi connectivity index (χ4v) is 8.07. The Kier molecular flexibility index (Phi) is 1.09. The maximum absolute atomic E-state index is 12.7. The third-order valence-corrected chi connectivity index (χ3v) is 8.04. The van der Waals surface area contributed by atoms with E-state index in [4.69, 9.17) is 0 Å². The molecule has 0 aromatic carbocycles.